The van der Waals surface area contributed by atoms with E-state index in [1.165, 1.54) is 25.1 Å². The van der Waals surface area contributed by atoms with E-state index in [-0.39, 0.29) is 5.82 Å². The van der Waals surface area contributed by atoms with Crippen LogP contribution in [0.4, 0.5) is 10.2 Å². The number of nitrogens with one attached hydrogen (secondary N) is 1. The summed E-state index contributed by atoms with van der Waals surface area (Å²) in [5.41, 5.74) is 0. The molecule has 0 radical (unpaired) electrons. The number of carboxylic acids is 1. The van der Waals surface area contributed by atoms with Crippen molar-refractivity contribution in [1.29, 1.82) is 0 Å². The Labute approximate surface area is 74.4 Å². The Kier molecular flexibility index (Phi) is 2.79. The number of halogens is 1. The third kappa shape index (κ3) is 2.70. The van der Waals surface area contributed by atoms with Gasteiger partial charge in [0.1, 0.15) is 11.9 Å². The molecule has 70 valence electrons. The molecule has 1 aromatic heterocycles. The quantitative estimate of drug-likeness (QED) is 0.690. The normalized spacial score (nSPS) is 12.2. The lowest BCUT2D eigenvalue weighted by Gasteiger charge is -2.08. The molecule has 4 nitrogen and oxygen atoms in total. The van der Waals surface area contributed by atoms with Crippen molar-refractivity contribution in [2.45, 2.75) is 13.0 Å². The van der Waals surface area contributed by atoms with E-state index in [0.29, 0.717) is 0 Å². The zero-order chi connectivity index (χ0) is 9.84. The molecule has 1 rings (SSSR count). The molecule has 0 aliphatic heterocycles. The van der Waals surface area contributed by atoms with Gasteiger partial charge < -0.3 is 10.4 Å². The van der Waals surface area contributed by atoms with Gasteiger partial charge in [0.25, 0.3) is 0 Å². The fourth-order valence-electron chi connectivity index (χ4n) is 0.772. The molecule has 0 unspecified atom stereocenters. The minimum absolute atomic E-state index is 0.218. The third-order valence-corrected chi connectivity index (χ3v) is 1.45. The molecule has 5 heteroatoms. The fraction of sp³-hybridized carbons (Fsp3) is 0.250. The number of nitrogens with zero attached hydrogens (tertiary/aromatic N) is 1. The van der Waals surface area contributed by atoms with Crippen LogP contribution in [-0.2, 0) is 4.79 Å². The van der Waals surface area contributed by atoms with E-state index in [9.17, 15) is 9.18 Å². The average Bonchev–Trinajstić information content (AvgIpc) is 2.04. The zero-order valence-electron chi connectivity index (χ0n) is 6.99. The molecule has 0 amide bonds. The minimum Gasteiger partial charge on any atom is -0.480 e. The Morgan fingerprint density at radius 1 is 1.69 bits per heavy atom. The maximum atomic E-state index is 12.5. The van der Waals surface area contributed by atoms with Crippen molar-refractivity contribution in [3.05, 3.63) is 24.1 Å². The summed E-state index contributed by atoms with van der Waals surface area (Å²) in [4.78, 5) is 13.9. The molecule has 0 saturated carbocycles. The van der Waals surface area contributed by atoms with E-state index in [2.05, 4.69) is 10.3 Å². The molecule has 0 spiro atoms. The second-order valence-electron chi connectivity index (χ2n) is 2.55. The van der Waals surface area contributed by atoms with Crippen LogP contribution in [-0.4, -0.2) is 22.1 Å². The largest absolute Gasteiger partial charge is 0.480 e. The highest BCUT2D eigenvalue weighted by molar-refractivity contribution is 5.76. The monoisotopic (exact) mass is 184 g/mol. The van der Waals surface area contributed by atoms with E-state index in [4.69, 9.17) is 5.11 Å². The van der Waals surface area contributed by atoms with E-state index in [0.717, 1.165) is 0 Å². The van der Waals surface area contributed by atoms with Crippen LogP contribution in [0, 0.1) is 5.95 Å². The first kappa shape index (κ1) is 9.44. The number of carboxylic acid groups (broad SMARTS) is 1. The number of rotatable bonds is 3. The first-order valence-electron chi connectivity index (χ1n) is 3.71. The maximum Gasteiger partial charge on any atom is 0.325 e. The van der Waals surface area contributed by atoms with E-state index < -0.39 is 18.0 Å². The fourth-order valence-corrected chi connectivity index (χ4v) is 0.772. The molecule has 0 saturated heterocycles. The van der Waals surface area contributed by atoms with Crippen molar-refractivity contribution in [3.63, 3.8) is 0 Å². The summed E-state index contributed by atoms with van der Waals surface area (Å²) in [5.74, 6) is -1.43. The number of carbonyl (C=O) groups is 1. The second-order valence-corrected chi connectivity index (χ2v) is 2.55. The SMILES string of the molecule is C[C@@H](Nc1cccc(F)n1)C(=O)O. The molecular formula is C8H9FN2O2. The number of anilines is 1. The van der Waals surface area contributed by atoms with Crippen LogP contribution in [0.1, 0.15) is 6.92 Å². The lowest BCUT2D eigenvalue weighted by molar-refractivity contribution is -0.137. The Morgan fingerprint density at radius 3 is 2.92 bits per heavy atom. The molecule has 0 aliphatic rings. The van der Waals surface area contributed by atoms with Gasteiger partial charge in [0.15, 0.2) is 0 Å². The van der Waals surface area contributed by atoms with Gasteiger partial charge in [-0.15, -0.1) is 0 Å². The summed E-state index contributed by atoms with van der Waals surface area (Å²) < 4.78 is 12.5. The van der Waals surface area contributed by atoms with Crippen molar-refractivity contribution in [2.75, 3.05) is 5.32 Å². The van der Waals surface area contributed by atoms with Crippen molar-refractivity contribution in [2.24, 2.45) is 0 Å². The van der Waals surface area contributed by atoms with Gasteiger partial charge in [0.2, 0.25) is 5.95 Å². The molecule has 1 atom stereocenters. The third-order valence-electron chi connectivity index (χ3n) is 1.45. The molecule has 1 aromatic rings. The van der Waals surface area contributed by atoms with Gasteiger partial charge in [-0.3, -0.25) is 4.79 Å². The van der Waals surface area contributed by atoms with Gasteiger partial charge in [0.05, 0.1) is 0 Å². The van der Waals surface area contributed by atoms with Crippen molar-refractivity contribution in [3.8, 4) is 0 Å². The lowest BCUT2D eigenvalue weighted by Crippen LogP contribution is -2.25. The minimum atomic E-state index is -1.01. The molecule has 13 heavy (non-hydrogen) atoms. The van der Waals surface area contributed by atoms with Crippen LogP contribution in [0.5, 0.6) is 0 Å². The summed E-state index contributed by atoms with van der Waals surface area (Å²) in [7, 11) is 0. The van der Waals surface area contributed by atoms with Crippen molar-refractivity contribution >= 4 is 11.8 Å². The summed E-state index contributed by atoms with van der Waals surface area (Å²) in [6.45, 7) is 1.45. The predicted octanol–water partition coefficient (Wildman–Crippen LogP) is 1.11. The number of hydrogen-bond donors (Lipinski definition) is 2. The van der Waals surface area contributed by atoms with E-state index in [1.807, 2.05) is 0 Å². The zero-order valence-corrected chi connectivity index (χ0v) is 6.99. The smallest absolute Gasteiger partial charge is 0.325 e. The van der Waals surface area contributed by atoms with Crippen LogP contribution in [0.2, 0.25) is 0 Å². The Hall–Kier alpha value is -1.65. The summed E-state index contributed by atoms with van der Waals surface area (Å²) in [6.07, 6.45) is 0. The predicted molar refractivity (Wildman–Crippen MR) is 44.9 cm³/mol. The second kappa shape index (κ2) is 3.84. The van der Waals surface area contributed by atoms with Gasteiger partial charge in [-0.25, -0.2) is 4.98 Å². The van der Waals surface area contributed by atoms with Crippen LogP contribution in [0.3, 0.4) is 0 Å². The summed E-state index contributed by atoms with van der Waals surface area (Å²) >= 11 is 0. The molecule has 1 heterocycles. The number of aromatic nitrogens is 1. The standard InChI is InChI=1S/C8H9FN2O2/c1-5(8(12)13)10-7-4-2-3-6(9)11-7/h2-5H,1H3,(H,10,11)(H,12,13)/t5-/m1/s1. The highest BCUT2D eigenvalue weighted by Gasteiger charge is 2.10. The number of hydrogen-bond acceptors (Lipinski definition) is 3. The first-order valence-corrected chi connectivity index (χ1v) is 3.71. The van der Waals surface area contributed by atoms with Gasteiger partial charge >= 0.3 is 5.97 Å². The van der Waals surface area contributed by atoms with Crippen LogP contribution in [0.15, 0.2) is 18.2 Å². The highest BCUT2D eigenvalue weighted by Crippen LogP contribution is 2.04. The van der Waals surface area contributed by atoms with Gasteiger partial charge in [-0.1, -0.05) is 6.07 Å². The van der Waals surface area contributed by atoms with Gasteiger partial charge in [-0.05, 0) is 19.1 Å². The first-order chi connectivity index (χ1) is 6.09. The van der Waals surface area contributed by atoms with E-state index >= 15 is 0 Å². The van der Waals surface area contributed by atoms with Crippen LogP contribution >= 0.6 is 0 Å². The molecule has 0 fully saturated rings. The Balaban J connectivity index is 2.69. The highest BCUT2D eigenvalue weighted by atomic mass is 19.1. The molecule has 0 aromatic carbocycles. The average molecular weight is 184 g/mol. The number of aliphatic carboxylic acids is 1. The van der Waals surface area contributed by atoms with Crippen LogP contribution in [0.25, 0.3) is 0 Å². The molecule has 0 aliphatic carbocycles. The maximum absolute atomic E-state index is 12.5. The topological polar surface area (TPSA) is 62.2 Å². The molecule has 2 N–H and O–H groups in total. The molecule has 0 bridgehead atoms. The Morgan fingerprint density at radius 2 is 2.38 bits per heavy atom. The van der Waals surface area contributed by atoms with Gasteiger partial charge in [-0.2, -0.15) is 4.39 Å². The van der Waals surface area contributed by atoms with Crippen molar-refractivity contribution in [1.82, 2.24) is 4.98 Å². The number of pyridine rings is 1. The van der Waals surface area contributed by atoms with Crippen LogP contribution < -0.4 is 5.32 Å². The summed E-state index contributed by atoms with van der Waals surface area (Å²) in [6, 6.07) is 3.37. The van der Waals surface area contributed by atoms with Crippen molar-refractivity contribution < 1.29 is 14.3 Å². The Bertz CT molecular complexity index is 317. The van der Waals surface area contributed by atoms with E-state index in [1.54, 1.807) is 0 Å². The molecular weight excluding hydrogens is 175 g/mol. The van der Waals surface area contributed by atoms with Gasteiger partial charge in [0, 0.05) is 0 Å². The lowest BCUT2D eigenvalue weighted by atomic mass is 10.3. The summed E-state index contributed by atoms with van der Waals surface area (Å²) in [5, 5.41) is 11.1.